The number of benzene rings is 2. The molecule has 0 aliphatic carbocycles. The van der Waals surface area contributed by atoms with Gasteiger partial charge >= 0.3 is 5.97 Å². The van der Waals surface area contributed by atoms with Crippen LogP contribution in [0.4, 0.5) is 5.69 Å². The predicted molar refractivity (Wildman–Crippen MR) is 97.1 cm³/mol. The molecule has 0 aliphatic rings. The molecule has 5 heteroatoms. The highest BCUT2D eigenvalue weighted by molar-refractivity contribution is 5.91. The van der Waals surface area contributed by atoms with Crippen LogP contribution in [-0.2, 0) is 16.0 Å². The maximum absolute atomic E-state index is 12.2. The van der Waals surface area contributed by atoms with Crippen molar-refractivity contribution >= 4 is 17.6 Å². The minimum Gasteiger partial charge on any atom is -0.497 e. The van der Waals surface area contributed by atoms with Gasteiger partial charge in [-0.05, 0) is 47.7 Å². The number of carboxylic acid groups (broad SMARTS) is 1. The molecule has 1 amide bonds. The Bertz CT molecular complexity index is 725. The van der Waals surface area contributed by atoms with Gasteiger partial charge in [0, 0.05) is 18.5 Å². The second-order valence-electron chi connectivity index (χ2n) is 6.02. The van der Waals surface area contributed by atoms with E-state index in [2.05, 4.69) is 5.32 Å². The number of hydrogen-bond donors (Lipinski definition) is 2. The Morgan fingerprint density at radius 2 is 1.88 bits per heavy atom. The van der Waals surface area contributed by atoms with Crippen molar-refractivity contribution in [1.82, 2.24) is 0 Å². The van der Waals surface area contributed by atoms with Crippen molar-refractivity contribution in [2.24, 2.45) is 0 Å². The van der Waals surface area contributed by atoms with Crippen LogP contribution in [0.25, 0.3) is 0 Å². The first-order valence-electron chi connectivity index (χ1n) is 8.22. The van der Waals surface area contributed by atoms with Crippen LogP contribution in [0.3, 0.4) is 0 Å². The third kappa shape index (κ3) is 5.95. The lowest BCUT2D eigenvalue weighted by Crippen LogP contribution is -2.14. The molecule has 0 aromatic heterocycles. The van der Waals surface area contributed by atoms with Gasteiger partial charge in [-0.15, -0.1) is 0 Å². The molecule has 0 bridgehead atoms. The van der Waals surface area contributed by atoms with E-state index >= 15 is 0 Å². The molecule has 132 valence electrons. The molecule has 5 nitrogen and oxygen atoms in total. The number of anilines is 1. The van der Waals surface area contributed by atoms with Crippen LogP contribution in [0.5, 0.6) is 5.75 Å². The minimum atomic E-state index is -0.816. The molecule has 25 heavy (non-hydrogen) atoms. The van der Waals surface area contributed by atoms with Gasteiger partial charge in [0.1, 0.15) is 5.75 Å². The second kappa shape index (κ2) is 8.87. The monoisotopic (exact) mass is 341 g/mol. The number of carbonyl (C=O) groups excluding carboxylic acids is 1. The van der Waals surface area contributed by atoms with Gasteiger partial charge in [0.2, 0.25) is 5.91 Å². The molecular weight excluding hydrogens is 318 g/mol. The summed E-state index contributed by atoms with van der Waals surface area (Å²) in [7, 11) is 1.62. The number of nitrogens with one attached hydrogen (secondary N) is 1. The van der Waals surface area contributed by atoms with Gasteiger partial charge in [0.25, 0.3) is 0 Å². The van der Waals surface area contributed by atoms with Crippen molar-refractivity contribution < 1.29 is 19.4 Å². The zero-order chi connectivity index (χ0) is 18.2. The first-order chi connectivity index (χ1) is 12.0. The molecule has 0 saturated carbocycles. The summed E-state index contributed by atoms with van der Waals surface area (Å²) in [4.78, 5) is 22.8. The molecule has 2 N–H and O–H groups in total. The maximum atomic E-state index is 12.2. The summed E-state index contributed by atoms with van der Waals surface area (Å²) in [6.07, 6.45) is 0.953. The number of amides is 1. The average molecular weight is 341 g/mol. The quantitative estimate of drug-likeness (QED) is 0.765. The highest BCUT2D eigenvalue weighted by Crippen LogP contribution is 2.23. The molecule has 0 radical (unpaired) electrons. The van der Waals surface area contributed by atoms with E-state index in [4.69, 9.17) is 9.84 Å². The molecule has 1 atom stereocenters. The first kappa shape index (κ1) is 18.5. The molecule has 2 rings (SSSR count). The summed E-state index contributed by atoms with van der Waals surface area (Å²) < 4.78 is 5.21. The van der Waals surface area contributed by atoms with Crippen molar-refractivity contribution in [3.63, 3.8) is 0 Å². The van der Waals surface area contributed by atoms with Crippen molar-refractivity contribution in [3.8, 4) is 5.75 Å². The van der Waals surface area contributed by atoms with Gasteiger partial charge in [-0.25, -0.2) is 0 Å². The van der Waals surface area contributed by atoms with Gasteiger partial charge in [-0.2, -0.15) is 0 Å². The number of methoxy groups -OCH3 is 1. The van der Waals surface area contributed by atoms with Crippen LogP contribution in [0.2, 0.25) is 0 Å². The fourth-order valence-corrected chi connectivity index (χ4v) is 2.56. The highest BCUT2D eigenvalue weighted by Gasteiger charge is 2.12. The summed E-state index contributed by atoms with van der Waals surface area (Å²) in [6.45, 7) is 2.00. The Morgan fingerprint density at radius 1 is 1.16 bits per heavy atom. The van der Waals surface area contributed by atoms with Crippen LogP contribution in [-0.4, -0.2) is 24.1 Å². The summed E-state index contributed by atoms with van der Waals surface area (Å²) in [5.41, 5.74) is 2.70. The lowest BCUT2D eigenvalue weighted by Gasteiger charge is -2.13. The smallest absolute Gasteiger partial charge is 0.303 e. The number of carbonyl (C=O) groups is 2. The Hall–Kier alpha value is -2.82. The fourth-order valence-electron chi connectivity index (χ4n) is 2.56. The Labute approximate surface area is 147 Å². The van der Waals surface area contributed by atoms with Crippen molar-refractivity contribution in [1.29, 1.82) is 0 Å². The minimum absolute atomic E-state index is 0.0615. The predicted octanol–water partition coefficient (Wildman–Crippen LogP) is 3.84. The largest absolute Gasteiger partial charge is 0.497 e. The molecule has 0 spiro atoms. The SMILES string of the molecule is COc1cccc(C(C)CC(=O)Nc2ccc(CCC(=O)O)cc2)c1. The Balaban J connectivity index is 1.89. The normalized spacial score (nSPS) is 11.6. The number of hydrogen-bond acceptors (Lipinski definition) is 3. The molecule has 0 fully saturated rings. The van der Waals surface area contributed by atoms with Crippen molar-refractivity contribution in [3.05, 3.63) is 59.7 Å². The number of ether oxygens (including phenoxy) is 1. The Morgan fingerprint density at radius 3 is 2.52 bits per heavy atom. The second-order valence-corrected chi connectivity index (χ2v) is 6.02. The van der Waals surface area contributed by atoms with Crippen LogP contribution in [0.15, 0.2) is 48.5 Å². The molecule has 2 aromatic rings. The van der Waals surface area contributed by atoms with E-state index in [1.807, 2.05) is 43.3 Å². The summed E-state index contributed by atoms with van der Waals surface area (Å²) >= 11 is 0. The van der Waals surface area contributed by atoms with E-state index in [-0.39, 0.29) is 18.2 Å². The van der Waals surface area contributed by atoms with Crippen molar-refractivity contribution in [2.45, 2.75) is 32.1 Å². The molecule has 0 aliphatic heterocycles. The Kier molecular flexibility index (Phi) is 6.57. The number of carboxylic acids is 1. The van der Waals surface area contributed by atoms with Crippen LogP contribution >= 0.6 is 0 Å². The molecule has 1 unspecified atom stereocenters. The number of aliphatic carboxylic acids is 1. The van der Waals surface area contributed by atoms with Gasteiger partial charge in [-0.3, -0.25) is 9.59 Å². The lowest BCUT2D eigenvalue weighted by atomic mass is 9.97. The van der Waals surface area contributed by atoms with E-state index < -0.39 is 5.97 Å². The summed E-state index contributed by atoms with van der Waals surface area (Å²) in [6, 6.07) is 15.0. The summed E-state index contributed by atoms with van der Waals surface area (Å²) in [5, 5.41) is 11.6. The number of aryl methyl sites for hydroxylation is 1. The number of rotatable bonds is 8. The molecule has 0 saturated heterocycles. The molecule has 0 heterocycles. The average Bonchev–Trinajstić information content (AvgIpc) is 2.61. The third-order valence-electron chi connectivity index (χ3n) is 4.02. The van der Waals surface area contributed by atoms with E-state index in [0.29, 0.717) is 18.5 Å². The standard InChI is InChI=1S/C20H23NO4/c1-14(16-4-3-5-18(13-16)25-2)12-19(22)21-17-9-6-15(7-10-17)8-11-20(23)24/h3-7,9-10,13-14H,8,11-12H2,1-2H3,(H,21,22)(H,23,24). The van der Waals surface area contributed by atoms with Crippen LogP contribution < -0.4 is 10.1 Å². The lowest BCUT2D eigenvalue weighted by molar-refractivity contribution is -0.137. The topological polar surface area (TPSA) is 75.6 Å². The van der Waals surface area contributed by atoms with Crippen LogP contribution in [0.1, 0.15) is 36.8 Å². The highest BCUT2D eigenvalue weighted by atomic mass is 16.5. The maximum Gasteiger partial charge on any atom is 0.303 e. The van der Waals surface area contributed by atoms with E-state index in [1.54, 1.807) is 19.2 Å². The zero-order valence-corrected chi connectivity index (χ0v) is 14.5. The van der Waals surface area contributed by atoms with E-state index in [9.17, 15) is 9.59 Å². The van der Waals surface area contributed by atoms with E-state index in [0.717, 1.165) is 16.9 Å². The van der Waals surface area contributed by atoms with Crippen molar-refractivity contribution in [2.75, 3.05) is 12.4 Å². The van der Waals surface area contributed by atoms with Crippen LogP contribution in [0, 0.1) is 0 Å². The molecular formula is C20H23NO4. The third-order valence-corrected chi connectivity index (χ3v) is 4.02. The summed E-state index contributed by atoms with van der Waals surface area (Å²) in [5.74, 6) is -0.0239. The fraction of sp³-hybridized carbons (Fsp3) is 0.300. The first-order valence-corrected chi connectivity index (χ1v) is 8.22. The van der Waals surface area contributed by atoms with Gasteiger partial charge < -0.3 is 15.2 Å². The van der Waals surface area contributed by atoms with E-state index in [1.165, 1.54) is 0 Å². The van der Waals surface area contributed by atoms with Gasteiger partial charge in [0.05, 0.1) is 7.11 Å². The zero-order valence-electron chi connectivity index (χ0n) is 14.5. The van der Waals surface area contributed by atoms with Gasteiger partial charge in [0.15, 0.2) is 0 Å². The molecule has 2 aromatic carbocycles. The van der Waals surface area contributed by atoms with Gasteiger partial charge in [-0.1, -0.05) is 31.2 Å².